The van der Waals surface area contributed by atoms with E-state index < -0.39 is 5.82 Å². The monoisotopic (exact) mass is 364 g/mol. The van der Waals surface area contributed by atoms with Crippen LogP contribution in [0.15, 0.2) is 66.7 Å². The third kappa shape index (κ3) is 3.82. The summed E-state index contributed by atoms with van der Waals surface area (Å²) in [4.78, 5) is 14.5. The maximum Gasteiger partial charge on any atom is 0.255 e. The first kappa shape index (κ1) is 17.2. The molecular weight excluding hydrogens is 346 g/mol. The molecule has 0 spiro atoms. The van der Waals surface area contributed by atoms with E-state index in [2.05, 4.69) is 10.2 Å². The van der Waals surface area contributed by atoms with Gasteiger partial charge in [0, 0.05) is 30.0 Å². The molecule has 0 fully saturated rings. The molecule has 3 aromatic rings. The second-order valence-electron chi connectivity index (χ2n) is 6.61. The lowest BCUT2D eigenvalue weighted by Crippen LogP contribution is -2.19. The van der Waals surface area contributed by atoms with Gasteiger partial charge < -0.3 is 10.2 Å². The van der Waals surface area contributed by atoms with E-state index >= 15 is 0 Å². The highest BCUT2D eigenvalue weighted by atomic mass is 19.1. The summed E-state index contributed by atoms with van der Waals surface area (Å²) in [5.74, 6) is -1.01. The number of rotatable bonds is 4. The SMILES string of the molecule is O=C(Nc1ccc2c(c1)CCN2Cc1ccc(F)cc1)c1cccc(F)c1. The average Bonchev–Trinajstić information content (AvgIpc) is 3.05. The number of hydrogen-bond donors (Lipinski definition) is 1. The highest BCUT2D eigenvalue weighted by molar-refractivity contribution is 6.04. The van der Waals surface area contributed by atoms with Gasteiger partial charge in [-0.1, -0.05) is 18.2 Å². The van der Waals surface area contributed by atoms with Crippen LogP contribution in [0.5, 0.6) is 0 Å². The van der Waals surface area contributed by atoms with E-state index in [-0.39, 0.29) is 17.3 Å². The Labute approximate surface area is 156 Å². The Morgan fingerprint density at radius 1 is 0.963 bits per heavy atom. The van der Waals surface area contributed by atoms with E-state index in [0.717, 1.165) is 29.8 Å². The summed E-state index contributed by atoms with van der Waals surface area (Å²) in [6.45, 7) is 1.58. The van der Waals surface area contributed by atoms with Crippen molar-refractivity contribution in [1.82, 2.24) is 0 Å². The van der Waals surface area contributed by atoms with E-state index in [0.29, 0.717) is 12.2 Å². The number of fused-ring (bicyclic) bond motifs is 1. The maximum atomic E-state index is 13.3. The van der Waals surface area contributed by atoms with Crippen LogP contribution >= 0.6 is 0 Å². The van der Waals surface area contributed by atoms with Crippen molar-refractivity contribution in [2.45, 2.75) is 13.0 Å². The molecule has 27 heavy (non-hydrogen) atoms. The molecule has 0 saturated heterocycles. The van der Waals surface area contributed by atoms with Crippen LogP contribution in [-0.2, 0) is 13.0 Å². The predicted molar refractivity (Wildman–Crippen MR) is 102 cm³/mol. The van der Waals surface area contributed by atoms with E-state index in [4.69, 9.17) is 0 Å². The highest BCUT2D eigenvalue weighted by Crippen LogP contribution is 2.31. The van der Waals surface area contributed by atoms with Crippen LogP contribution in [0, 0.1) is 11.6 Å². The molecule has 3 nitrogen and oxygen atoms in total. The Morgan fingerprint density at radius 3 is 2.56 bits per heavy atom. The van der Waals surface area contributed by atoms with Crippen molar-refractivity contribution >= 4 is 17.3 Å². The molecule has 3 aromatic carbocycles. The lowest BCUT2D eigenvalue weighted by Gasteiger charge is -2.20. The normalized spacial score (nSPS) is 12.7. The molecule has 1 aliphatic heterocycles. The first-order valence-corrected chi connectivity index (χ1v) is 8.78. The number of anilines is 2. The van der Waals surface area contributed by atoms with Gasteiger partial charge >= 0.3 is 0 Å². The summed E-state index contributed by atoms with van der Waals surface area (Å²) in [6, 6.07) is 17.9. The van der Waals surface area contributed by atoms with Gasteiger partial charge in [-0.15, -0.1) is 0 Å². The summed E-state index contributed by atoms with van der Waals surface area (Å²) < 4.78 is 26.3. The summed E-state index contributed by atoms with van der Waals surface area (Å²) in [5, 5.41) is 2.82. The van der Waals surface area contributed by atoms with Crippen LogP contribution in [0.1, 0.15) is 21.5 Å². The fraction of sp³-hybridized carbons (Fsp3) is 0.136. The fourth-order valence-corrected chi connectivity index (χ4v) is 3.36. The number of carbonyl (C=O) groups is 1. The molecule has 1 N–H and O–H groups in total. The molecule has 0 unspecified atom stereocenters. The van der Waals surface area contributed by atoms with Crippen LogP contribution in [0.25, 0.3) is 0 Å². The smallest absolute Gasteiger partial charge is 0.255 e. The van der Waals surface area contributed by atoms with Crippen LogP contribution in [-0.4, -0.2) is 12.5 Å². The van der Waals surface area contributed by atoms with Crippen molar-refractivity contribution in [3.63, 3.8) is 0 Å². The second-order valence-corrected chi connectivity index (χ2v) is 6.61. The van der Waals surface area contributed by atoms with Gasteiger partial charge in [0.25, 0.3) is 5.91 Å². The van der Waals surface area contributed by atoms with Gasteiger partial charge in [0.2, 0.25) is 0 Å². The third-order valence-electron chi connectivity index (χ3n) is 4.70. The Kier molecular flexibility index (Phi) is 4.59. The standard InChI is InChI=1S/C22H18F2N2O/c23-18-6-4-15(5-7-18)14-26-11-10-16-13-20(8-9-21(16)26)25-22(27)17-2-1-3-19(24)12-17/h1-9,12-13H,10-11,14H2,(H,25,27). The zero-order chi connectivity index (χ0) is 18.8. The zero-order valence-electron chi connectivity index (χ0n) is 14.6. The lowest BCUT2D eigenvalue weighted by atomic mass is 10.1. The van der Waals surface area contributed by atoms with E-state index in [1.54, 1.807) is 18.2 Å². The Hall–Kier alpha value is -3.21. The molecule has 1 amide bonds. The largest absolute Gasteiger partial charge is 0.367 e. The molecule has 4 rings (SSSR count). The maximum absolute atomic E-state index is 13.3. The minimum Gasteiger partial charge on any atom is -0.367 e. The zero-order valence-corrected chi connectivity index (χ0v) is 14.6. The number of benzene rings is 3. The van der Waals surface area contributed by atoms with Gasteiger partial charge in [0.1, 0.15) is 11.6 Å². The van der Waals surface area contributed by atoms with Crippen molar-refractivity contribution in [1.29, 1.82) is 0 Å². The summed E-state index contributed by atoms with van der Waals surface area (Å²) >= 11 is 0. The number of nitrogens with one attached hydrogen (secondary N) is 1. The predicted octanol–water partition coefficient (Wildman–Crippen LogP) is 4.78. The van der Waals surface area contributed by atoms with Crippen molar-refractivity contribution in [2.75, 3.05) is 16.8 Å². The number of hydrogen-bond acceptors (Lipinski definition) is 2. The minimum atomic E-state index is -0.437. The summed E-state index contributed by atoms with van der Waals surface area (Å²) in [7, 11) is 0. The minimum absolute atomic E-state index is 0.237. The van der Waals surface area contributed by atoms with Crippen LogP contribution < -0.4 is 10.2 Å². The first-order chi connectivity index (χ1) is 13.1. The Balaban J connectivity index is 1.48. The molecule has 0 aliphatic carbocycles. The van der Waals surface area contributed by atoms with E-state index in [1.807, 2.05) is 18.2 Å². The van der Waals surface area contributed by atoms with Gasteiger partial charge in [-0.25, -0.2) is 8.78 Å². The molecule has 0 saturated carbocycles. The molecule has 0 bridgehead atoms. The molecule has 136 valence electrons. The Bertz CT molecular complexity index is 986. The van der Waals surface area contributed by atoms with Crippen molar-refractivity contribution in [3.05, 3.63) is 95.1 Å². The van der Waals surface area contributed by atoms with Crippen molar-refractivity contribution in [2.24, 2.45) is 0 Å². The Morgan fingerprint density at radius 2 is 1.78 bits per heavy atom. The van der Waals surface area contributed by atoms with E-state index in [1.165, 1.54) is 30.3 Å². The van der Waals surface area contributed by atoms with Gasteiger partial charge in [0.05, 0.1) is 0 Å². The second kappa shape index (κ2) is 7.19. The average molecular weight is 364 g/mol. The van der Waals surface area contributed by atoms with Gasteiger partial charge in [-0.3, -0.25) is 4.79 Å². The lowest BCUT2D eigenvalue weighted by molar-refractivity contribution is 0.102. The molecule has 0 radical (unpaired) electrons. The van der Waals surface area contributed by atoms with Crippen LogP contribution in [0.2, 0.25) is 0 Å². The molecule has 1 aliphatic rings. The number of amides is 1. The topological polar surface area (TPSA) is 32.3 Å². The summed E-state index contributed by atoms with van der Waals surface area (Å²) in [6.07, 6.45) is 0.875. The first-order valence-electron chi connectivity index (χ1n) is 8.78. The molecule has 5 heteroatoms. The number of halogens is 2. The van der Waals surface area contributed by atoms with Crippen LogP contribution in [0.4, 0.5) is 20.2 Å². The number of carbonyl (C=O) groups excluding carboxylic acids is 1. The summed E-state index contributed by atoms with van der Waals surface area (Å²) in [5.41, 5.74) is 4.28. The highest BCUT2D eigenvalue weighted by Gasteiger charge is 2.20. The van der Waals surface area contributed by atoms with Gasteiger partial charge in [-0.05, 0) is 66.1 Å². The van der Waals surface area contributed by atoms with Crippen LogP contribution in [0.3, 0.4) is 0 Å². The van der Waals surface area contributed by atoms with Crippen molar-refractivity contribution < 1.29 is 13.6 Å². The number of nitrogens with zero attached hydrogens (tertiary/aromatic N) is 1. The van der Waals surface area contributed by atoms with Crippen molar-refractivity contribution in [3.8, 4) is 0 Å². The van der Waals surface area contributed by atoms with Gasteiger partial charge in [0.15, 0.2) is 0 Å². The molecular formula is C22H18F2N2O. The molecule has 1 heterocycles. The quantitative estimate of drug-likeness (QED) is 0.723. The van der Waals surface area contributed by atoms with Gasteiger partial charge in [-0.2, -0.15) is 0 Å². The fourth-order valence-electron chi connectivity index (χ4n) is 3.36. The third-order valence-corrected chi connectivity index (χ3v) is 4.70. The van der Waals surface area contributed by atoms with E-state index in [9.17, 15) is 13.6 Å². The molecule has 0 aromatic heterocycles. The molecule has 0 atom stereocenters.